The summed E-state index contributed by atoms with van der Waals surface area (Å²) in [5, 5.41) is 5.48. The van der Waals surface area contributed by atoms with Crippen molar-refractivity contribution in [1.82, 2.24) is 9.47 Å². The number of nitrogens with one attached hydrogen (secondary N) is 1. The van der Waals surface area contributed by atoms with Crippen LogP contribution in [-0.4, -0.2) is 35.0 Å². The molecule has 1 aliphatic rings. The zero-order chi connectivity index (χ0) is 23.5. The Morgan fingerprint density at radius 3 is 2.41 bits per heavy atom. The molecule has 1 aliphatic heterocycles. The molecule has 2 heterocycles. The van der Waals surface area contributed by atoms with Crippen molar-refractivity contribution in [2.45, 2.75) is 38.3 Å². The summed E-state index contributed by atoms with van der Waals surface area (Å²) in [5.74, 6) is 0.0312. The molecule has 0 spiro atoms. The molecule has 0 unspecified atom stereocenters. The van der Waals surface area contributed by atoms with Crippen molar-refractivity contribution in [1.29, 1.82) is 0 Å². The quantitative estimate of drug-likeness (QED) is 0.363. The standard InChI is InChI=1S/C29H30N4O/c1-3-33-26-12-8-7-11-24(26)25-21-23(13-14-27(25)33)31-28(34)15-18-32-19-16-29(30-2,17-20-32)22-9-5-4-6-10-22/h4-14,21H,3,15-20H2,1H3,(H,31,34). The fourth-order valence-corrected chi connectivity index (χ4v) is 5.32. The van der Waals surface area contributed by atoms with Gasteiger partial charge < -0.3 is 19.6 Å². The number of carbonyl (C=O) groups excluding carboxylic acids is 1. The molecule has 1 aromatic heterocycles. The second-order valence-corrected chi connectivity index (χ2v) is 9.14. The highest BCUT2D eigenvalue weighted by Crippen LogP contribution is 2.37. The van der Waals surface area contributed by atoms with Crippen LogP contribution in [0, 0.1) is 6.57 Å². The minimum atomic E-state index is -0.424. The van der Waals surface area contributed by atoms with Crippen LogP contribution in [0.15, 0.2) is 72.8 Å². The van der Waals surface area contributed by atoms with Crippen LogP contribution in [0.2, 0.25) is 0 Å². The largest absolute Gasteiger partial charge is 0.341 e. The van der Waals surface area contributed by atoms with Crippen molar-refractivity contribution in [2.75, 3.05) is 25.0 Å². The van der Waals surface area contributed by atoms with E-state index in [1.807, 2.05) is 24.3 Å². The maximum absolute atomic E-state index is 12.7. The average Bonchev–Trinajstić information content (AvgIpc) is 3.21. The van der Waals surface area contributed by atoms with Crippen molar-refractivity contribution < 1.29 is 4.79 Å². The van der Waals surface area contributed by atoms with E-state index in [2.05, 4.69) is 75.1 Å². The number of para-hydroxylation sites is 1. The van der Waals surface area contributed by atoms with Gasteiger partial charge in [-0.2, -0.15) is 0 Å². The topological polar surface area (TPSA) is 41.6 Å². The fourth-order valence-electron chi connectivity index (χ4n) is 5.32. The number of aromatic nitrogens is 1. The van der Waals surface area contributed by atoms with Gasteiger partial charge in [-0.3, -0.25) is 4.79 Å². The first kappa shape index (κ1) is 22.2. The number of hydrogen-bond acceptors (Lipinski definition) is 2. The molecule has 1 saturated heterocycles. The van der Waals surface area contributed by atoms with Crippen LogP contribution < -0.4 is 5.32 Å². The number of fused-ring (bicyclic) bond motifs is 3. The van der Waals surface area contributed by atoms with E-state index in [4.69, 9.17) is 6.57 Å². The minimum absolute atomic E-state index is 0.0312. The predicted octanol–water partition coefficient (Wildman–Crippen LogP) is 6.05. The lowest BCUT2D eigenvalue weighted by Gasteiger charge is -2.34. The minimum Gasteiger partial charge on any atom is -0.341 e. The van der Waals surface area contributed by atoms with Crippen LogP contribution in [0.3, 0.4) is 0 Å². The number of carbonyl (C=O) groups is 1. The molecule has 4 aromatic rings. The molecule has 5 heteroatoms. The summed E-state index contributed by atoms with van der Waals surface area (Å²) in [4.78, 5) is 19.1. The second kappa shape index (κ2) is 9.32. The van der Waals surface area contributed by atoms with Gasteiger partial charge in [0.2, 0.25) is 5.91 Å². The lowest BCUT2D eigenvalue weighted by Crippen LogP contribution is -2.41. The molecule has 1 fully saturated rings. The Morgan fingerprint density at radius 2 is 1.68 bits per heavy atom. The summed E-state index contributed by atoms with van der Waals surface area (Å²) in [6, 6.07) is 24.8. The molecule has 0 radical (unpaired) electrons. The maximum atomic E-state index is 12.7. The van der Waals surface area contributed by atoms with Crippen LogP contribution in [0.1, 0.15) is 31.7 Å². The monoisotopic (exact) mass is 450 g/mol. The highest BCUT2D eigenvalue weighted by Gasteiger charge is 2.42. The second-order valence-electron chi connectivity index (χ2n) is 9.14. The number of hydrogen-bond donors (Lipinski definition) is 1. The normalized spacial score (nSPS) is 15.9. The van der Waals surface area contributed by atoms with Gasteiger partial charge in [0.1, 0.15) is 0 Å². The molecule has 0 bridgehead atoms. The smallest absolute Gasteiger partial charge is 0.260 e. The molecular weight excluding hydrogens is 420 g/mol. The van der Waals surface area contributed by atoms with E-state index in [0.717, 1.165) is 43.7 Å². The molecule has 1 N–H and O–H groups in total. The van der Waals surface area contributed by atoms with Crippen molar-refractivity contribution in [3.05, 3.63) is 89.8 Å². The molecule has 0 saturated carbocycles. The van der Waals surface area contributed by atoms with Gasteiger partial charge in [-0.15, -0.1) is 0 Å². The fraction of sp³-hybridized carbons (Fsp3) is 0.310. The van der Waals surface area contributed by atoms with Crippen molar-refractivity contribution in [3.8, 4) is 0 Å². The summed E-state index contributed by atoms with van der Waals surface area (Å²) in [5.41, 5.74) is 3.94. The van der Waals surface area contributed by atoms with E-state index in [0.29, 0.717) is 13.0 Å². The zero-order valence-electron chi connectivity index (χ0n) is 19.6. The van der Waals surface area contributed by atoms with Crippen molar-refractivity contribution in [3.63, 3.8) is 0 Å². The molecule has 5 rings (SSSR count). The Balaban J connectivity index is 1.21. The molecule has 1 amide bonds. The van der Waals surface area contributed by atoms with E-state index < -0.39 is 5.54 Å². The van der Waals surface area contributed by atoms with E-state index in [1.165, 1.54) is 21.8 Å². The molecular formula is C29H30N4O. The summed E-state index contributed by atoms with van der Waals surface area (Å²) in [7, 11) is 0. The van der Waals surface area contributed by atoms with Gasteiger partial charge in [-0.05, 0) is 31.2 Å². The summed E-state index contributed by atoms with van der Waals surface area (Å²) >= 11 is 0. The Labute approximate surface area is 200 Å². The van der Waals surface area contributed by atoms with Gasteiger partial charge in [0.05, 0.1) is 0 Å². The van der Waals surface area contributed by atoms with Gasteiger partial charge in [-0.25, -0.2) is 6.57 Å². The van der Waals surface area contributed by atoms with E-state index in [9.17, 15) is 4.79 Å². The van der Waals surface area contributed by atoms with Crippen molar-refractivity contribution >= 4 is 33.4 Å². The van der Waals surface area contributed by atoms with Crippen LogP contribution in [0.4, 0.5) is 5.69 Å². The number of nitrogens with zero attached hydrogens (tertiary/aromatic N) is 3. The average molecular weight is 451 g/mol. The number of amides is 1. The van der Waals surface area contributed by atoms with Gasteiger partial charge in [0, 0.05) is 78.5 Å². The van der Waals surface area contributed by atoms with Gasteiger partial charge in [-0.1, -0.05) is 48.5 Å². The highest BCUT2D eigenvalue weighted by molar-refractivity contribution is 6.09. The Kier molecular flexibility index (Phi) is 6.08. The molecule has 34 heavy (non-hydrogen) atoms. The summed E-state index contributed by atoms with van der Waals surface area (Å²) in [6.07, 6.45) is 2.06. The Morgan fingerprint density at radius 1 is 0.971 bits per heavy atom. The Hall–Kier alpha value is -3.62. The molecule has 172 valence electrons. The number of aryl methyl sites for hydroxylation is 1. The third-order valence-corrected chi connectivity index (χ3v) is 7.24. The SMILES string of the molecule is [C-]#[N+]C1(c2ccccc2)CCN(CCC(=O)Nc2ccc3c(c2)c2ccccc2n3CC)CC1. The summed E-state index contributed by atoms with van der Waals surface area (Å²) in [6.45, 7) is 13.3. The number of piperidine rings is 1. The predicted molar refractivity (Wildman–Crippen MR) is 139 cm³/mol. The number of benzene rings is 3. The van der Waals surface area contributed by atoms with Crippen LogP contribution in [-0.2, 0) is 16.9 Å². The first-order valence-corrected chi connectivity index (χ1v) is 12.1. The molecule has 0 aliphatic carbocycles. The third-order valence-electron chi connectivity index (χ3n) is 7.24. The first-order chi connectivity index (χ1) is 16.6. The zero-order valence-corrected chi connectivity index (χ0v) is 19.6. The van der Waals surface area contributed by atoms with Gasteiger partial charge >= 0.3 is 0 Å². The van der Waals surface area contributed by atoms with E-state index >= 15 is 0 Å². The number of anilines is 1. The number of likely N-dealkylation sites (tertiary alicyclic amines) is 1. The number of rotatable bonds is 6. The Bertz CT molecular complexity index is 1360. The maximum Gasteiger partial charge on any atom is 0.260 e. The lowest BCUT2D eigenvalue weighted by molar-refractivity contribution is -0.116. The van der Waals surface area contributed by atoms with E-state index in [-0.39, 0.29) is 5.91 Å². The van der Waals surface area contributed by atoms with Gasteiger partial charge in [0.15, 0.2) is 0 Å². The van der Waals surface area contributed by atoms with Crippen LogP contribution in [0.5, 0.6) is 0 Å². The van der Waals surface area contributed by atoms with Gasteiger partial charge in [0.25, 0.3) is 5.54 Å². The highest BCUT2D eigenvalue weighted by atomic mass is 16.1. The third kappa shape index (κ3) is 4.06. The summed E-state index contributed by atoms with van der Waals surface area (Å²) < 4.78 is 2.31. The first-order valence-electron chi connectivity index (χ1n) is 12.1. The molecule has 5 nitrogen and oxygen atoms in total. The van der Waals surface area contributed by atoms with E-state index in [1.54, 1.807) is 0 Å². The lowest BCUT2D eigenvalue weighted by atomic mass is 9.81. The molecule has 3 aromatic carbocycles. The van der Waals surface area contributed by atoms with Crippen LogP contribution >= 0.6 is 0 Å². The molecule has 0 atom stereocenters. The van der Waals surface area contributed by atoms with Crippen molar-refractivity contribution in [2.24, 2.45) is 0 Å². The van der Waals surface area contributed by atoms with Crippen LogP contribution in [0.25, 0.3) is 26.7 Å².